The third kappa shape index (κ3) is 3.55. The number of amides is 1. The van der Waals surface area contributed by atoms with E-state index in [1.54, 1.807) is 6.07 Å². The molecule has 0 spiro atoms. The summed E-state index contributed by atoms with van der Waals surface area (Å²) in [6.07, 6.45) is 4.19. The molecule has 126 valence electrons. The molecule has 0 saturated heterocycles. The summed E-state index contributed by atoms with van der Waals surface area (Å²) in [5, 5.41) is 2.93. The fourth-order valence-corrected chi connectivity index (χ4v) is 3.05. The van der Waals surface area contributed by atoms with Crippen LogP contribution in [0.5, 0.6) is 0 Å². The average molecular weight is 324 g/mol. The van der Waals surface area contributed by atoms with Crippen molar-refractivity contribution in [2.24, 2.45) is 0 Å². The van der Waals surface area contributed by atoms with Gasteiger partial charge in [-0.2, -0.15) is 0 Å². The van der Waals surface area contributed by atoms with Crippen LogP contribution in [0.3, 0.4) is 0 Å². The molecule has 1 aromatic heterocycles. The monoisotopic (exact) mass is 324 g/mol. The van der Waals surface area contributed by atoms with Gasteiger partial charge < -0.3 is 10.2 Å². The molecule has 1 aliphatic rings. The van der Waals surface area contributed by atoms with Crippen LogP contribution in [0, 0.1) is 6.92 Å². The molecular formula is C19H24N4O. The van der Waals surface area contributed by atoms with E-state index < -0.39 is 0 Å². The number of unbranched alkanes of at least 4 members (excludes halogenated alkanes) is 1. The molecule has 24 heavy (non-hydrogen) atoms. The molecule has 3 rings (SSSR count). The highest BCUT2D eigenvalue weighted by Crippen LogP contribution is 2.32. The van der Waals surface area contributed by atoms with Crippen LogP contribution in [-0.4, -0.2) is 29.0 Å². The quantitative estimate of drug-likeness (QED) is 0.857. The van der Waals surface area contributed by atoms with Crippen LogP contribution < -0.4 is 10.2 Å². The minimum Gasteiger partial charge on any atom is -0.351 e. The van der Waals surface area contributed by atoms with Crippen LogP contribution in [-0.2, 0) is 6.42 Å². The molecule has 1 aromatic carbocycles. The third-order valence-electron chi connectivity index (χ3n) is 4.26. The summed E-state index contributed by atoms with van der Waals surface area (Å²) in [7, 11) is 0. The Morgan fingerprint density at radius 1 is 1.29 bits per heavy atom. The number of aromatic nitrogens is 2. The molecule has 5 nitrogen and oxygen atoms in total. The number of nitrogens with one attached hydrogen (secondary N) is 1. The number of aryl methyl sites for hydroxylation is 2. The number of hydrogen-bond acceptors (Lipinski definition) is 4. The first-order valence-electron chi connectivity index (χ1n) is 8.68. The lowest BCUT2D eigenvalue weighted by atomic mass is 10.0. The van der Waals surface area contributed by atoms with Crippen LogP contribution in [0.15, 0.2) is 30.3 Å². The second-order valence-corrected chi connectivity index (χ2v) is 6.15. The first-order chi connectivity index (χ1) is 11.7. The zero-order valence-electron chi connectivity index (χ0n) is 14.4. The molecule has 0 saturated carbocycles. The van der Waals surface area contributed by atoms with Gasteiger partial charge >= 0.3 is 0 Å². The lowest BCUT2D eigenvalue weighted by molar-refractivity contribution is 0.0948. The van der Waals surface area contributed by atoms with Gasteiger partial charge in [0.15, 0.2) is 0 Å². The number of rotatable bonds is 5. The summed E-state index contributed by atoms with van der Waals surface area (Å²) in [4.78, 5) is 23.4. The molecule has 5 heteroatoms. The van der Waals surface area contributed by atoms with Crippen molar-refractivity contribution in [3.63, 3.8) is 0 Å². The van der Waals surface area contributed by atoms with E-state index >= 15 is 0 Å². The molecule has 0 fully saturated rings. The molecule has 0 atom stereocenters. The predicted octanol–water partition coefficient (Wildman–Crippen LogP) is 3.40. The Morgan fingerprint density at radius 2 is 2.12 bits per heavy atom. The number of fused-ring (bicyclic) bond motifs is 1. The van der Waals surface area contributed by atoms with Crippen molar-refractivity contribution < 1.29 is 4.79 Å². The van der Waals surface area contributed by atoms with Crippen LogP contribution in [0.25, 0.3) is 0 Å². The largest absolute Gasteiger partial charge is 0.351 e. The van der Waals surface area contributed by atoms with Gasteiger partial charge in [0.2, 0.25) is 0 Å². The van der Waals surface area contributed by atoms with E-state index in [9.17, 15) is 4.79 Å². The van der Waals surface area contributed by atoms with Crippen molar-refractivity contribution in [2.45, 2.75) is 39.5 Å². The highest BCUT2D eigenvalue weighted by molar-refractivity contribution is 5.93. The maximum Gasteiger partial charge on any atom is 0.270 e. The number of anilines is 2. The van der Waals surface area contributed by atoms with Crippen LogP contribution in [0.2, 0.25) is 0 Å². The van der Waals surface area contributed by atoms with Gasteiger partial charge in [0.1, 0.15) is 17.3 Å². The van der Waals surface area contributed by atoms with Gasteiger partial charge in [0.25, 0.3) is 5.91 Å². The zero-order chi connectivity index (χ0) is 16.9. The average Bonchev–Trinajstić information content (AvgIpc) is 2.61. The first kappa shape index (κ1) is 16.4. The van der Waals surface area contributed by atoms with Crippen LogP contribution >= 0.6 is 0 Å². The van der Waals surface area contributed by atoms with E-state index in [0.29, 0.717) is 18.1 Å². The van der Waals surface area contributed by atoms with Crippen molar-refractivity contribution in [3.05, 3.63) is 47.4 Å². The zero-order valence-corrected chi connectivity index (χ0v) is 14.4. The minimum absolute atomic E-state index is 0.125. The molecule has 0 aliphatic carbocycles. The number of carbonyl (C=O) groups excluding carboxylic acids is 1. The molecule has 1 aliphatic heterocycles. The topological polar surface area (TPSA) is 58.1 Å². The molecule has 2 heterocycles. The normalized spacial score (nSPS) is 13.5. The summed E-state index contributed by atoms with van der Waals surface area (Å²) in [6.45, 7) is 5.53. The van der Waals surface area contributed by atoms with E-state index in [4.69, 9.17) is 0 Å². The van der Waals surface area contributed by atoms with E-state index in [1.807, 2.05) is 13.0 Å². The fraction of sp³-hybridized carbons (Fsp3) is 0.421. The molecule has 1 N–H and O–H groups in total. The maximum absolute atomic E-state index is 12.3. The van der Waals surface area contributed by atoms with Crippen molar-refractivity contribution in [2.75, 3.05) is 18.0 Å². The summed E-state index contributed by atoms with van der Waals surface area (Å²) >= 11 is 0. The van der Waals surface area contributed by atoms with Gasteiger partial charge in [-0.25, -0.2) is 9.97 Å². The van der Waals surface area contributed by atoms with Crippen molar-refractivity contribution in [1.82, 2.24) is 15.3 Å². The van der Waals surface area contributed by atoms with Gasteiger partial charge in [0.05, 0.1) is 0 Å². The highest BCUT2D eigenvalue weighted by atomic mass is 16.1. The van der Waals surface area contributed by atoms with Crippen molar-refractivity contribution in [1.29, 1.82) is 0 Å². The van der Waals surface area contributed by atoms with Gasteiger partial charge in [-0.1, -0.05) is 31.5 Å². The Balaban J connectivity index is 1.88. The smallest absolute Gasteiger partial charge is 0.270 e. The second-order valence-electron chi connectivity index (χ2n) is 6.15. The Labute approximate surface area is 143 Å². The number of hydrogen-bond donors (Lipinski definition) is 1. The number of nitrogens with zero attached hydrogens (tertiary/aromatic N) is 3. The summed E-state index contributed by atoms with van der Waals surface area (Å²) in [5.74, 6) is 1.30. The van der Waals surface area contributed by atoms with E-state index in [2.05, 4.69) is 45.3 Å². The Morgan fingerprint density at radius 3 is 2.96 bits per heavy atom. The standard InChI is InChI=1S/C19H24N4O/c1-3-4-11-20-19(24)16-13-18(22-14(2)21-16)23-12-7-9-15-8-5-6-10-17(15)23/h5-6,8,10,13H,3-4,7,9,11-12H2,1-2H3,(H,20,24). The molecule has 1 amide bonds. The Bertz CT molecular complexity index is 729. The Kier molecular flexibility index (Phi) is 5.08. The molecule has 2 aromatic rings. The molecule has 0 bridgehead atoms. The van der Waals surface area contributed by atoms with Gasteiger partial charge in [-0.3, -0.25) is 4.79 Å². The number of para-hydroxylation sites is 1. The van der Waals surface area contributed by atoms with Gasteiger partial charge in [-0.15, -0.1) is 0 Å². The van der Waals surface area contributed by atoms with Crippen molar-refractivity contribution >= 4 is 17.4 Å². The summed E-state index contributed by atoms with van der Waals surface area (Å²) in [6, 6.07) is 10.2. The molecule has 0 radical (unpaired) electrons. The van der Waals surface area contributed by atoms with Gasteiger partial charge in [0, 0.05) is 24.8 Å². The third-order valence-corrected chi connectivity index (χ3v) is 4.26. The van der Waals surface area contributed by atoms with Crippen LogP contribution in [0.4, 0.5) is 11.5 Å². The maximum atomic E-state index is 12.3. The Hall–Kier alpha value is -2.43. The first-order valence-corrected chi connectivity index (χ1v) is 8.68. The fourth-order valence-electron chi connectivity index (χ4n) is 3.05. The summed E-state index contributed by atoms with van der Waals surface area (Å²) in [5.41, 5.74) is 2.95. The molecular weight excluding hydrogens is 300 g/mol. The SMILES string of the molecule is CCCCNC(=O)c1cc(N2CCCc3ccccc32)nc(C)n1. The van der Waals surface area contributed by atoms with E-state index in [0.717, 1.165) is 38.0 Å². The highest BCUT2D eigenvalue weighted by Gasteiger charge is 2.20. The van der Waals surface area contributed by atoms with E-state index in [-0.39, 0.29) is 5.91 Å². The predicted molar refractivity (Wildman–Crippen MR) is 95.8 cm³/mol. The number of benzene rings is 1. The second kappa shape index (κ2) is 7.43. The summed E-state index contributed by atoms with van der Waals surface area (Å²) < 4.78 is 0. The van der Waals surface area contributed by atoms with Crippen molar-refractivity contribution in [3.8, 4) is 0 Å². The minimum atomic E-state index is -0.125. The lowest BCUT2D eigenvalue weighted by Gasteiger charge is -2.30. The van der Waals surface area contributed by atoms with Crippen LogP contribution in [0.1, 0.15) is 48.1 Å². The number of carbonyl (C=O) groups is 1. The molecule has 0 unspecified atom stereocenters. The van der Waals surface area contributed by atoms with Gasteiger partial charge in [-0.05, 0) is 37.8 Å². The van der Waals surface area contributed by atoms with E-state index in [1.165, 1.54) is 11.3 Å². The lowest BCUT2D eigenvalue weighted by Crippen LogP contribution is -2.28.